The highest BCUT2D eigenvalue weighted by Crippen LogP contribution is 2.69. The molecule has 4 fully saturated rings. The number of nitrogens with zero attached hydrogens (tertiary/aromatic N) is 1. The number of hydrogen-bond donors (Lipinski definition) is 0. The molecular weight excluding hydrogens is 390 g/mol. The Morgan fingerprint density at radius 3 is 2.41 bits per heavy atom. The Labute approximate surface area is 199 Å². The Morgan fingerprint density at radius 1 is 1.00 bits per heavy atom. The molecule has 182 valence electrons. The van der Waals surface area contributed by atoms with Crippen LogP contribution in [-0.2, 0) is 4.79 Å². The average Bonchev–Trinajstić information content (AvgIpc) is 3.08. The third kappa shape index (κ3) is 4.16. The highest BCUT2D eigenvalue weighted by atomic mass is 16.1. The lowest BCUT2D eigenvalue weighted by Gasteiger charge is -2.63. The zero-order valence-electron chi connectivity index (χ0n) is 22.1. The third-order valence-corrected chi connectivity index (χ3v) is 11.4. The molecule has 32 heavy (non-hydrogen) atoms. The van der Waals surface area contributed by atoms with E-state index >= 15 is 0 Å². The van der Waals surface area contributed by atoms with Crippen molar-refractivity contribution in [1.82, 2.24) is 4.90 Å². The van der Waals surface area contributed by atoms with Gasteiger partial charge >= 0.3 is 0 Å². The second-order valence-corrected chi connectivity index (χ2v) is 13.4. The molecule has 0 aliphatic heterocycles. The van der Waals surface area contributed by atoms with Crippen LogP contribution >= 0.6 is 0 Å². The number of hydrogen-bond acceptors (Lipinski definition) is 2. The van der Waals surface area contributed by atoms with Crippen LogP contribution in [0.5, 0.6) is 0 Å². The maximum absolute atomic E-state index is 12.2. The maximum Gasteiger partial charge on any atom is 0.157 e. The van der Waals surface area contributed by atoms with Gasteiger partial charge in [-0.15, -0.1) is 0 Å². The van der Waals surface area contributed by atoms with Crippen LogP contribution in [0.3, 0.4) is 0 Å². The summed E-state index contributed by atoms with van der Waals surface area (Å²) in [4.78, 5) is 14.7. The molecule has 2 nitrogen and oxygen atoms in total. The monoisotopic (exact) mass is 441 g/mol. The van der Waals surface area contributed by atoms with Gasteiger partial charge in [0.05, 0.1) is 0 Å². The topological polar surface area (TPSA) is 20.3 Å². The molecule has 0 aromatic carbocycles. The molecule has 2 unspecified atom stereocenters. The van der Waals surface area contributed by atoms with Crippen molar-refractivity contribution in [3.8, 4) is 0 Å². The predicted molar refractivity (Wildman–Crippen MR) is 135 cm³/mol. The normalized spacial score (nSPS) is 44.5. The summed E-state index contributed by atoms with van der Waals surface area (Å²) < 4.78 is 0. The fourth-order valence-corrected chi connectivity index (χ4v) is 9.99. The first-order valence-corrected chi connectivity index (χ1v) is 13.9. The fraction of sp³-hybridized carbons (Fsp3) is 0.900. The summed E-state index contributed by atoms with van der Waals surface area (Å²) >= 11 is 0. The largest absolute Gasteiger partial charge is 0.309 e. The number of Topliss-reactive ketones (excluding diaryl/α,β-unsaturated/α-hetero) is 1. The van der Waals surface area contributed by atoms with Crippen molar-refractivity contribution in [2.45, 2.75) is 98.3 Å². The van der Waals surface area contributed by atoms with Crippen molar-refractivity contribution in [3.63, 3.8) is 0 Å². The number of allylic oxidation sites excluding steroid dienone is 1. The Morgan fingerprint density at radius 2 is 1.72 bits per heavy atom. The van der Waals surface area contributed by atoms with Crippen molar-refractivity contribution >= 4 is 5.78 Å². The van der Waals surface area contributed by atoms with E-state index in [0.29, 0.717) is 23.2 Å². The van der Waals surface area contributed by atoms with Crippen LogP contribution in [-0.4, -0.2) is 31.3 Å². The standard InChI is InChI=1S/C30H51NO/c1-20(2)28(32)14-11-21(3)24-12-13-26-23-18-22(19-31(6)7)25-10-8-9-16-29(25,4)27(23)15-17-30(24,26)5/h21-27H,1,8-19H2,2-7H3/t21-,22?,23+,24-,25?,26+,27+,29+,30-/m1/s1. The van der Waals surface area contributed by atoms with Crippen molar-refractivity contribution in [2.24, 2.45) is 52.3 Å². The van der Waals surface area contributed by atoms with Crippen LogP contribution in [0.2, 0.25) is 0 Å². The lowest BCUT2D eigenvalue weighted by molar-refractivity contribution is -0.140. The molecule has 0 aromatic rings. The zero-order valence-corrected chi connectivity index (χ0v) is 22.1. The van der Waals surface area contributed by atoms with Gasteiger partial charge in [-0.25, -0.2) is 0 Å². The first-order valence-electron chi connectivity index (χ1n) is 13.9. The summed E-state index contributed by atoms with van der Waals surface area (Å²) in [6.07, 6.45) is 14.9. The van der Waals surface area contributed by atoms with Crippen molar-refractivity contribution in [1.29, 1.82) is 0 Å². The van der Waals surface area contributed by atoms with E-state index in [9.17, 15) is 4.79 Å². The van der Waals surface area contributed by atoms with Crippen LogP contribution in [0.25, 0.3) is 0 Å². The number of ketones is 1. The van der Waals surface area contributed by atoms with Gasteiger partial charge < -0.3 is 4.90 Å². The van der Waals surface area contributed by atoms with Gasteiger partial charge in [-0.2, -0.15) is 0 Å². The van der Waals surface area contributed by atoms with Crippen LogP contribution in [0.15, 0.2) is 12.2 Å². The van der Waals surface area contributed by atoms with Gasteiger partial charge in [0.1, 0.15) is 0 Å². The molecule has 4 aliphatic rings. The molecule has 4 saturated carbocycles. The van der Waals surface area contributed by atoms with E-state index in [1.165, 1.54) is 64.3 Å². The van der Waals surface area contributed by atoms with E-state index in [4.69, 9.17) is 0 Å². The number of carbonyl (C=O) groups is 1. The minimum absolute atomic E-state index is 0.273. The number of fused-ring (bicyclic) bond motifs is 5. The molecule has 2 heteroatoms. The highest BCUT2D eigenvalue weighted by molar-refractivity contribution is 5.94. The molecule has 0 spiro atoms. The molecule has 0 radical (unpaired) electrons. The predicted octanol–water partition coefficient (Wildman–Crippen LogP) is 7.38. The minimum Gasteiger partial charge on any atom is -0.309 e. The maximum atomic E-state index is 12.2. The van der Waals surface area contributed by atoms with Gasteiger partial charge in [0.2, 0.25) is 0 Å². The molecule has 0 amide bonds. The molecule has 0 heterocycles. The molecule has 9 atom stereocenters. The summed E-state index contributed by atoms with van der Waals surface area (Å²) in [6, 6.07) is 0. The fourth-order valence-electron chi connectivity index (χ4n) is 9.99. The molecule has 0 bridgehead atoms. The molecule has 0 aromatic heterocycles. The van der Waals surface area contributed by atoms with Gasteiger partial charge in [-0.1, -0.05) is 40.2 Å². The van der Waals surface area contributed by atoms with Gasteiger partial charge in [0.25, 0.3) is 0 Å². The molecular formula is C30H51NO. The van der Waals surface area contributed by atoms with E-state index in [0.717, 1.165) is 47.5 Å². The van der Waals surface area contributed by atoms with Gasteiger partial charge in [0.15, 0.2) is 5.78 Å². The smallest absolute Gasteiger partial charge is 0.157 e. The molecule has 0 saturated heterocycles. The Kier molecular flexibility index (Phi) is 7.04. The first-order chi connectivity index (χ1) is 15.1. The van der Waals surface area contributed by atoms with E-state index < -0.39 is 0 Å². The van der Waals surface area contributed by atoms with Crippen LogP contribution < -0.4 is 0 Å². The number of carbonyl (C=O) groups excluding carboxylic acids is 1. The van der Waals surface area contributed by atoms with E-state index in [2.05, 4.69) is 46.3 Å². The molecule has 4 rings (SSSR count). The highest BCUT2D eigenvalue weighted by Gasteiger charge is 2.61. The number of rotatable bonds is 7. The Balaban J connectivity index is 1.54. The Bertz CT molecular complexity index is 712. The van der Waals surface area contributed by atoms with Gasteiger partial charge in [-0.3, -0.25) is 4.79 Å². The summed E-state index contributed by atoms with van der Waals surface area (Å²) in [5, 5.41) is 0. The molecule has 4 aliphatic carbocycles. The van der Waals surface area contributed by atoms with Gasteiger partial charge in [0, 0.05) is 13.0 Å². The van der Waals surface area contributed by atoms with Crippen molar-refractivity contribution in [3.05, 3.63) is 12.2 Å². The van der Waals surface area contributed by atoms with Crippen LogP contribution in [0.1, 0.15) is 98.3 Å². The van der Waals surface area contributed by atoms with Gasteiger partial charge in [-0.05, 0) is 130 Å². The average molecular weight is 442 g/mol. The quantitative estimate of drug-likeness (QED) is 0.384. The first kappa shape index (κ1) is 24.5. The second-order valence-electron chi connectivity index (χ2n) is 13.4. The van der Waals surface area contributed by atoms with E-state index in [-0.39, 0.29) is 5.78 Å². The Hall–Kier alpha value is -0.630. The summed E-state index contributed by atoms with van der Waals surface area (Å²) in [6.45, 7) is 14.9. The van der Waals surface area contributed by atoms with Crippen molar-refractivity contribution < 1.29 is 4.79 Å². The van der Waals surface area contributed by atoms with E-state index in [1.807, 2.05) is 6.92 Å². The summed E-state index contributed by atoms with van der Waals surface area (Å²) in [5.41, 5.74) is 1.81. The third-order valence-electron chi connectivity index (χ3n) is 11.4. The lowest BCUT2D eigenvalue weighted by atomic mass is 9.42. The van der Waals surface area contributed by atoms with E-state index in [1.54, 1.807) is 0 Å². The molecule has 0 N–H and O–H groups in total. The second kappa shape index (κ2) is 9.20. The zero-order chi connectivity index (χ0) is 23.3. The summed E-state index contributed by atoms with van der Waals surface area (Å²) in [7, 11) is 4.58. The van der Waals surface area contributed by atoms with Crippen molar-refractivity contribution in [2.75, 3.05) is 20.6 Å². The van der Waals surface area contributed by atoms with Crippen LogP contribution in [0, 0.1) is 52.3 Å². The van der Waals surface area contributed by atoms with Crippen LogP contribution in [0.4, 0.5) is 0 Å². The SMILES string of the molecule is C=C(C)C(=O)CC[C@@H](C)[C@H]1CC[C@H]2[C@@H]3CC(CN(C)C)C4CCCC[C@]4(C)[C@H]3CC[C@]12C. The minimum atomic E-state index is 0.273. The lowest BCUT2D eigenvalue weighted by Crippen LogP contribution is -2.56. The summed E-state index contributed by atoms with van der Waals surface area (Å²) in [5.74, 6) is 6.39.